The van der Waals surface area contributed by atoms with Gasteiger partial charge < -0.3 is 10.1 Å². The number of aromatic amines is 1. The first kappa shape index (κ1) is 15.6. The number of rotatable bonds is 5. The Labute approximate surface area is 137 Å². The zero-order valence-electron chi connectivity index (χ0n) is 13.7. The minimum atomic E-state index is 0.0570. The van der Waals surface area contributed by atoms with E-state index in [1.54, 1.807) is 0 Å². The summed E-state index contributed by atoms with van der Waals surface area (Å²) in [4.78, 5) is 3.37. The molecule has 23 heavy (non-hydrogen) atoms. The van der Waals surface area contributed by atoms with Crippen molar-refractivity contribution in [3.05, 3.63) is 83.6 Å². The molecule has 2 nitrogen and oxygen atoms in total. The van der Waals surface area contributed by atoms with Gasteiger partial charge in [0.2, 0.25) is 0 Å². The number of fused-ring (bicyclic) bond motifs is 1. The molecule has 3 aromatic rings. The Morgan fingerprint density at radius 3 is 2.43 bits per heavy atom. The summed E-state index contributed by atoms with van der Waals surface area (Å²) in [5.41, 5.74) is 4.83. The summed E-state index contributed by atoms with van der Waals surface area (Å²) < 4.78 is 0. The lowest BCUT2D eigenvalue weighted by Crippen LogP contribution is -2.16. The predicted molar refractivity (Wildman–Crippen MR) is 96.6 cm³/mol. The molecule has 0 aliphatic heterocycles. The zero-order valence-corrected chi connectivity index (χ0v) is 13.7. The van der Waals surface area contributed by atoms with Crippen molar-refractivity contribution in [1.29, 1.82) is 0 Å². The van der Waals surface area contributed by atoms with Crippen molar-refractivity contribution in [3.8, 4) is 0 Å². The molecule has 0 fully saturated rings. The number of benzene rings is 2. The molecule has 0 unspecified atom stereocenters. The molecule has 2 aromatic carbocycles. The molecule has 118 valence electrons. The lowest BCUT2D eigenvalue weighted by atomic mass is 9.80. The Hall–Kier alpha value is -2.32. The number of para-hydroxylation sites is 1. The van der Waals surface area contributed by atoms with Crippen LogP contribution in [0, 0.1) is 5.92 Å². The van der Waals surface area contributed by atoms with Crippen LogP contribution in [0.25, 0.3) is 10.9 Å². The van der Waals surface area contributed by atoms with Crippen LogP contribution in [-0.2, 0) is 0 Å². The first-order chi connectivity index (χ1) is 11.2. The summed E-state index contributed by atoms with van der Waals surface area (Å²) in [5, 5.41) is 11.2. The Morgan fingerprint density at radius 2 is 1.74 bits per heavy atom. The quantitative estimate of drug-likeness (QED) is 0.648. The molecule has 0 saturated heterocycles. The SMILES string of the molecule is CC(C)=C[C@@H](CO)[C@H](c1ccccc1)c1c[nH]c2ccccc12. The number of allylic oxidation sites excluding steroid dienone is 1. The summed E-state index contributed by atoms with van der Waals surface area (Å²) in [7, 11) is 0. The van der Waals surface area contributed by atoms with Crippen LogP contribution in [0.2, 0.25) is 0 Å². The normalized spacial score (nSPS) is 13.7. The number of aliphatic hydroxyl groups is 1. The Bertz CT molecular complexity index is 797. The molecule has 0 aliphatic rings. The molecule has 0 spiro atoms. The molecule has 2 N–H and O–H groups in total. The summed E-state index contributed by atoms with van der Waals surface area (Å²) in [5.74, 6) is 0.189. The standard InChI is InChI=1S/C21H23NO/c1-15(2)12-17(14-23)21(16-8-4-3-5-9-16)19-13-22-20-11-7-6-10-18(19)20/h3-13,17,21-23H,14H2,1-2H3/t17-,21-/m0/s1. The van der Waals surface area contributed by atoms with Crippen molar-refractivity contribution in [1.82, 2.24) is 4.98 Å². The number of hydrogen-bond acceptors (Lipinski definition) is 1. The second-order valence-electron chi connectivity index (χ2n) is 6.27. The third-order valence-electron chi connectivity index (χ3n) is 4.30. The molecule has 0 bridgehead atoms. The highest BCUT2D eigenvalue weighted by Gasteiger charge is 2.25. The molecule has 0 saturated carbocycles. The fourth-order valence-corrected chi connectivity index (χ4v) is 3.35. The molecule has 1 aromatic heterocycles. The predicted octanol–water partition coefficient (Wildman–Crippen LogP) is 4.87. The number of nitrogens with one attached hydrogen (secondary N) is 1. The molecule has 1 heterocycles. The third-order valence-corrected chi connectivity index (χ3v) is 4.30. The van der Waals surface area contributed by atoms with Crippen LogP contribution in [0.15, 0.2) is 72.4 Å². The molecular weight excluding hydrogens is 282 g/mol. The van der Waals surface area contributed by atoms with Crippen LogP contribution in [0.4, 0.5) is 0 Å². The largest absolute Gasteiger partial charge is 0.396 e. The van der Waals surface area contributed by atoms with Gasteiger partial charge in [0.25, 0.3) is 0 Å². The van der Waals surface area contributed by atoms with E-state index in [0.29, 0.717) is 0 Å². The maximum absolute atomic E-state index is 10.0. The van der Waals surface area contributed by atoms with Gasteiger partial charge in [0.15, 0.2) is 0 Å². The van der Waals surface area contributed by atoms with Gasteiger partial charge in [0.05, 0.1) is 6.61 Å². The lowest BCUT2D eigenvalue weighted by molar-refractivity contribution is 0.241. The van der Waals surface area contributed by atoms with Gasteiger partial charge in [-0.25, -0.2) is 0 Å². The van der Waals surface area contributed by atoms with Gasteiger partial charge in [-0.2, -0.15) is 0 Å². The Balaban J connectivity index is 2.17. The van der Waals surface area contributed by atoms with Crippen molar-refractivity contribution in [2.24, 2.45) is 5.92 Å². The van der Waals surface area contributed by atoms with Crippen LogP contribution >= 0.6 is 0 Å². The van der Waals surface area contributed by atoms with E-state index in [2.05, 4.69) is 73.6 Å². The van der Waals surface area contributed by atoms with Crippen molar-refractivity contribution in [3.63, 3.8) is 0 Å². The highest BCUT2D eigenvalue weighted by Crippen LogP contribution is 2.37. The van der Waals surface area contributed by atoms with Gasteiger partial charge in [-0.3, -0.25) is 0 Å². The summed E-state index contributed by atoms with van der Waals surface area (Å²) in [6.45, 7) is 4.30. The number of aliphatic hydroxyl groups excluding tert-OH is 1. The van der Waals surface area contributed by atoms with Crippen LogP contribution in [0.3, 0.4) is 0 Å². The molecule has 3 rings (SSSR count). The van der Waals surface area contributed by atoms with Gasteiger partial charge >= 0.3 is 0 Å². The number of H-pyrrole nitrogens is 1. The molecule has 2 atom stereocenters. The topological polar surface area (TPSA) is 36.0 Å². The van der Waals surface area contributed by atoms with Gasteiger partial charge in [-0.05, 0) is 31.0 Å². The Kier molecular flexibility index (Phi) is 4.63. The molecule has 0 radical (unpaired) electrons. The molecule has 2 heteroatoms. The van der Waals surface area contributed by atoms with Gasteiger partial charge in [0, 0.05) is 28.9 Å². The van der Waals surface area contributed by atoms with E-state index in [9.17, 15) is 5.11 Å². The molecular formula is C21H23NO. The monoisotopic (exact) mass is 305 g/mol. The van der Waals surface area contributed by atoms with E-state index < -0.39 is 0 Å². The van der Waals surface area contributed by atoms with Crippen LogP contribution in [0.1, 0.15) is 30.9 Å². The fraction of sp³-hybridized carbons (Fsp3) is 0.238. The third kappa shape index (κ3) is 3.22. The van der Waals surface area contributed by atoms with Crippen molar-refractivity contribution >= 4 is 10.9 Å². The average Bonchev–Trinajstić information content (AvgIpc) is 2.99. The maximum atomic E-state index is 10.0. The second kappa shape index (κ2) is 6.84. The van der Waals surface area contributed by atoms with Gasteiger partial charge in [-0.1, -0.05) is 60.2 Å². The number of aromatic nitrogens is 1. The summed E-state index contributed by atoms with van der Waals surface area (Å²) in [6.07, 6.45) is 4.27. The van der Waals surface area contributed by atoms with Gasteiger partial charge in [0.1, 0.15) is 0 Å². The maximum Gasteiger partial charge on any atom is 0.0503 e. The van der Waals surface area contributed by atoms with E-state index in [4.69, 9.17) is 0 Å². The highest BCUT2D eigenvalue weighted by molar-refractivity contribution is 5.84. The summed E-state index contributed by atoms with van der Waals surface area (Å²) in [6, 6.07) is 18.8. The van der Waals surface area contributed by atoms with E-state index >= 15 is 0 Å². The average molecular weight is 305 g/mol. The fourth-order valence-electron chi connectivity index (χ4n) is 3.35. The molecule has 0 aliphatic carbocycles. The van der Waals surface area contributed by atoms with Crippen molar-refractivity contribution in [2.45, 2.75) is 19.8 Å². The first-order valence-corrected chi connectivity index (χ1v) is 8.07. The van der Waals surface area contributed by atoms with Crippen molar-refractivity contribution in [2.75, 3.05) is 6.61 Å². The van der Waals surface area contributed by atoms with Crippen LogP contribution < -0.4 is 0 Å². The van der Waals surface area contributed by atoms with Crippen LogP contribution in [-0.4, -0.2) is 16.7 Å². The van der Waals surface area contributed by atoms with Crippen LogP contribution in [0.5, 0.6) is 0 Å². The molecule has 0 amide bonds. The second-order valence-corrected chi connectivity index (χ2v) is 6.27. The smallest absolute Gasteiger partial charge is 0.0503 e. The van der Waals surface area contributed by atoms with E-state index in [-0.39, 0.29) is 18.4 Å². The highest BCUT2D eigenvalue weighted by atomic mass is 16.3. The van der Waals surface area contributed by atoms with E-state index in [1.807, 2.05) is 12.1 Å². The zero-order chi connectivity index (χ0) is 16.2. The lowest BCUT2D eigenvalue weighted by Gasteiger charge is -2.24. The number of hydrogen-bond donors (Lipinski definition) is 2. The minimum absolute atomic E-state index is 0.0570. The van der Waals surface area contributed by atoms with Gasteiger partial charge in [-0.15, -0.1) is 0 Å². The summed E-state index contributed by atoms with van der Waals surface area (Å²) >= 11 is 0. The van der Waals surface area contributed by atoms with E-state index in [0.717, 1.165) is 5.52 Å². The first-order valence-electron chi connectivity index (χ1n) is 8.07. The van der Waals surface area contributed by atoms with Crippen molar-refractivity contribution < 1.29 is 5.11 Å². The minimum Gasteiger partial charge on any atom is -0.396 e. The Morgan fingerprint density at radius 1 is 1.04 bits per heavy atom. The van der Waals surface area contributed by atoms with E-state index in [1.165, 1.54) is 22.1 Å².